The van der Waals surface area contributed by atoms with Crippen molar-refractivity contribution in [2.45, 2.75) is 6.92 Å². The van der Waals surface area contributed by atoms with Gasteiger partial charge in [0.25, 0.3) is 5.91 Å². The molecule has 2 rings (SSSR count). The molecule has 0 aromatic heterocycles. The molecule has 0 radical (unpaired) electrons. The van der Waals surface area contributed by atoms with Gasteiger partial charge >= 0.3 is 0 Å². The number of para-hydroxylation sites is 1. The van der Waals surface area contributed by atoms with Gasteiger partial charge in [-0.1, -0.05) is 18.2 Å². The number of hydrogen-bond acceptors (Lipinski definition) is 1. The van der Waals surface area contributed by atoms with Gasteiger partial charge < -0.3 is 4.90 Å². The number of anilines is 1. The van der Waals surface area contributed by atoms with E-state index in [1.165, 1.54) is 0 Å². The summed E-state index contributed by atoms with van der Waals surface area (Å²) in [6, 6.07) is 17.4. The topological polar surface area (TPSA) is 20.3 Å². The van der Waals surface area contributed by atoms with E-state index in [0.717, 1.165) is 14.8 Å². The van der Waals surface area contributed by atoms with Crippen LogP contribution < -0.4 is 4.90 Å². The first-order valence-electron chi connectivity index (χ1n) is 5.85. The number of halogens is 1. The van der Waals surface area contributed by atoms with Crippen LogP contribution in [-0.2, 0) is 0 Å². The second kappa shape index (κ2) is 6.00. The summed E-state index contributed by atoms with van der Waals surface area (Å²) in [6.07, 6.45) is 0. The largest absolute Gasteiger partial charge is 0.309 e. The molecule has 3 heteroatoms. The number of amides is 1. The van der Waals surface area contributed by atoms with Gasteiger partial charge in [-0.05, 0) is 65.9 Å². The predicted octanol–water partition coefficient (Wildman–Crippen LogP) is 3.96. The van der Waals surface area contributed by atoms with Crippen molar-refractivity contribution >= 4 is 34.2 Å². The molecule has 1 amide bonds. The Balaban J connectivity index is 2.28. The lowest BCUT2D eigenvalue weighted by molar-refractivity contribution is 0.0988. The van der Waals surface area contributed by atoms with E-state index in [4.69, 9.17) is 0 Å². The van der Waals surface area contributed by atoms with Gasteiger partial charge in [-0.25, -0.2) is 0 Å². The van der Waals surface area contributed by atoms with E-state index < -0.39 is 0 Å². The van der Waals surface area contributed by atoms with Crippen molar-refractivity contribution in [3.8, 4) is 0 Å². The summed E-state index contributed by atoms with van der Waals surface area (Å²) in [5.41, 5.74) is 1.66. The molecule has 0 spiro atoms. The molecule has 0 bridgehead atoms. The van der Waals surface area contributed by atoms with Gasteiger partial charge in [0.15, 0.2) is 0 Å². The summed E-state index contributed by atoms with van der Waals surface area (Å²) < 4.78 is 1.13. The zero-order valence-corrected chi connectivity index (χ0v) is 12.3. The van der Waals surface area contributed by atoms with Crippen LogP contribution in [0.3, 0.4) is 0 Å². The number of benzene rings is 2. The van der Waals surface area contributed by atoms with Crippen LogP contribution in [0.4, 0.5) is 5.69 Å². The minimum atomic E-state index is 0.0418. The standard InChI is InChI=1S/C15H14INO/c1-2-17(14-6-4-3-5-7-14)15(18)12-8-10-13(16)11-9-12/h3-11H,2H2,1H3. The lowest BCUT2D eigenvalue weighted by Crippen LogP contribution is -2.30. The number of hydrogen-bond donors (Lipinski definition) is 0. The smallest absolute Gasteiger partial charge is 0.258 e. The van der Waals surface area contributed by atoms with Crippen molar-refractivity contribution < 1.29 is 4.79 Å². The van der Waals surface area contributed by atoms with Crippen LogP contribution in [0, 0.1) is 3.57 Å². The van der Waals surface area contributed by atoms with E-state index in [1.807, 2.05) is 61.5 Å². The Bertz CT molecular complexity index is 522. The highest BCUT2D eigenvalue weighted by atomic mass is 127. The fourth-order valence-electron chi connectivity index (χ4n) is 1.80. The summed E-state index contributed by atoms with van der Waals surface area (Å²) in [6.45, 7) is 2.65. The quantitative estimate of drug-likeness (QED) is 0.767. The minimum Gasteiger partial charge on any atom is -0.309 e. The molecular formula is C15H14INO. The molecule has 0 aliphatic rings. The molecule has 0 N–H and O–H groups in total. The molecule has 0 aliphatic heterocycles. The van der Waals surface area contributed by atoms with Crippen LogP contribution >= 0.6 is 22.6 Å². The normalized spacial score (nSPS) is 10.1. The van der Waals surface area contributed by atoms with Crippen LogP contribution in [0.25, 0.3) is 0 Å². The van der Waals surface area contributed by atoms with Crippen molar-refractivity contribution in [3.63, 3.8) is 0 Å². The van der Waals surface area contributed by atoms with Crippen molar-refractivity contribution in [1.82, 2.24) is 0 Å². The minimum absolute atomic E-state index is 0.0418. The Morgan fingerprint density at radius 2 is 1.67 bits per heavy atom. The maximum Gasteiger partial charge on any atom is 0.258 e. The third kappa shape index (κ3) is 2.90. The third-order valence-electron chi connectivity index (χ3n) is 2.72. The van der Waals surface area contributed by atoms with E-state index >= 15 is 0 Å². The summed E-state index contributed by atoms with van der Waals surface area (Å²) >= 11 is 2.23. The lowest BCUT2D eigenvalue weighted by Gasteiger charge is -2.21. The molecule has 0 saturated heterocycles. The molecule has 0 aliphatic carbocycles. The van der Waals surface area contributed by atoms with E-state index in [1.54, 1.807) is 4.90 Å². The predicted molar refractivity (Wildman–Crippen MR) is 83.0 cm³/mol. The summed E-state index contributed by atoms with van der Waals surface area (Å²) in [5.74, 6) is 0.0418. The van der Waals surface area contributed by atoms with Gasteiger partial charge in [-0.3, -0.25) is 4.79 Å². The highest BCUT2D eigenvalue weighted by Gasteiger charge is 2.15. The van der Waals surface area contributed by atoms with Gasteiger partial charge in [-0.2, -0.15) is 0 Å². The Morgan fingerprint density at radius 3 is 2.22 bits per heavy atom. The van der Waals surface area contributed by atoms with Gasteiger partial charge in [0, 0.05) is 21.4 Å². The fraction of sp³-hybridized carbons (Fsp3) is 0.133. The van der Waals surface area contributed by atoms with E-state index in [2.05, 4.69) is 22.6 Å². The van der Waals surface area contributed by atoms with Crippen molar-refractivity contribution in [2.75, 3.05) is 11.4 Å². The second-order valence-corrected chi connectivity index (χ2v) is 5.14. The highest BCUT2D eigenvalue weighted by Crippen LogP contribution is 2.17. The van der Waals surface area contributed by atoms with Crippen LogP contribution in [-0.4, -0.2) is 12.5 Å². The van der Waals surface area contributed by atoms with E-state index in [9.17, 15) is 4.79 Å². The van der Waals surface area contributed by atoms with Crippen LogP contribution in [0.5, 0.6) is 0 Å². The Kier molecular flexibility index (Phi) is 4.36. The first kappa shape index (κ1) is 13.1. The Labute approximate surface area is 121 Å². The first-order valence-corrected chi connectivity index (χ1v) is 6.92. The molecule has 0 atom stereocenters. The van der Waals surface area contributed by atoms with Crippen LogP contribution in [0.1, 0.15) is 17.3 Å². The zero-order chi connectivity index (χ0) is 13.0. The maximum atomic E-state index is 12.4. The monoisotopic (exact) mass is 351 g/mol. The number of nitrogens with zero attached hydrogens (tertiary/aromatic N) is 1. The molecule has 2 aromatic rings. The van der Waals surface area contributed by atoms with Crippen molar-refractivity contribution in [1.29, 1.82) is 0 Å². The molecule has 92 valence electrons. The first-order chi connectivity index (χ1) is 8.72. The maximum absolute atomic E-state index is 12.4. The number of carbonyl (C=O) groups excluding carboxylic acids is 1. The van der Waals surface area contributed by atoms with Crippen molar-refractivity contribution in [3.05, 3.63) is 63.7 Å². The van der Waals surface area contributed by atoms with Crippen molar-refractivity contribution in [2.24, 2.45) is 0 Å². The Hall–Kier alpha value is -1.36. The SMILES string of the molecule is CCN(C(=O)c1ccc(I)cc1)c1ccccc1. The molecule has 0 fully saturated rings. The molecular weight excluding hydrogens is 337 g/mol. The average molecular weight is 351 g/mol. The molecule has 2 nitrogen and oxygen atoms in total. The number of carbonyl (C=O) groups is 1. The summed E-state index contributed by atoms with van der Waals surface area (Å²) in [5, 5.41) is 0. The molecule has 2 aromatic carbocycles. The van der Waals surface area contributed by atoms with Gasteiger partial charge in [0.1, 0.15) is 0 Å². The van der Waals surface area contributed by atoms with E-state index in [0.29, 0.717) is 6.54 Å². The molecule has 0 heterocycles. The van der Waals surface area contributed by atoms with Gasteiger partial charge in [0.05, 0.1) is 0 Å². The molecule has 0 unspecified atom stereocenters. The molecule has 0 saturated carbocycles. The van der Waals surface area contributed by atoms with Gasteiger partial charge in [-0.15, -0.1) is 0 Å². The number of rotatable bonds is 3. The Morgan fingerprint density at radius 1 is 1.06 bits per heavy atom. The summed E-state index contributed by atoms with van der Waals surface area (Å²) in [7, 11) is 0. The highest BCUT2D eigenvalue weighted by molar-refractivity contribution is 14.1. The van der Waals surface area contributed by atoms with Gasteiger partial charge in [0.2, 0.25) is 0 Å². The zero-order valence-electron chi connectivity index (χ0n) is 10.1. The fourth-order valence-corrected chi connectivity index (χ4v) is 2.16. The van der Waals surface area contributed by atoms with Crippen LogP contribution in [0.15, 0.2) is 54.6 Å². The third-order valence-corrected chi connectivity index (χ3v) is 3.44. The second-order valence-electron chi connectivity index (χ2n) is 3.89. The summed E-state index contributed by atoms with van der Waals surface area (Å²) in [4.78, 5) is 14.2. The lowest BCUT2D eigenvalue weighted by atomic mass is 10.2. The van der Waals surface area contributed by atoms with Crippen LogP contribution in [0.2, 0.25) is 0 Å². The van der Waals surface area contributed by atoms with E-state index in [-0.39, 0.29) is 5.91 Å². The molecule has 18 heavy (non-hydrogen) atoms. The average Bonchev–Trinajstić information content (AvgIpc) is 2.41.